The highest BCUT2D eigenvalue weighted by Gasteiger charge is 2.28. The Morgan fingerprint density at radius 1 is 0.733 bits per heavy atom. The third kappa shape index (κ3) is 2.98. The van der Waals surface area contributed by atoms with E-state index < -0.39 is 0 Å². The van der Waals surface area contributed by atoms with Gasteiger partial charge in [0, 0.05) is 16.8 Å². The zero-order chi connectivity index (χ0) is 20.5. The van der Waals surface area contributed by atoms with Gasteiger partial charge in [-0.1, -0.05) is 60.7 Å². The van der Waals surface area contributed by atoms with Crippen LogP contribution in [0.5, 0.6) is 11.5 Å². The van der Waals surface area contributed by atoms with Gasteiger partial charge in [0.1, 0.15) is 23.4 Å². The van der Waals surface area contributed by atoms with Crippen LogP contribution in [0.1, 0.15) is 22.7 Å². The molecule has 1 aliphatic heterocycles. The predicted molar refractivity (Wildman–Crippen MR) is 122 cm³/mol. The van der Waals surface area contributed by atoms with Crippen LogP contribution in [0.3, 0.4) is 0 Å². The fourth-order valence-electron chi connectivity index (χ4n) is 4.15. The second-order valence-electron chi connectivity index (χ2n) is 7.20. The van der Waals surface area contributed by atoms with E-state index >= 15 is 0 Å². The third-order valence-corrected chi connectivity index (χ3v) is 5.55. The van der Waals surface area contributed by atoms with E-state index in [9.17, 15) is 0 Å². The molecule has 4 nitrogen and oxygen atoms in total. The minimum atomic E-state index is -0.205. The number of aliphatic imine (C=N–C) groups is 1. The maximum absolute atomic E-state index is 5.70. The molecule has 4 aromatic carbocycles. The van der Waals surface area contributed by atoms with Gasteiger partial charge in [0.05, 0.1) is 19.8 Å². The summed E-state index contributed by atoms with van der Waals surface area (Å²) in [5, 5.41) is 5.92. The van der Waals surface area contributed by atoms with Crippen molar-refractivity contribution in [1.82, 2.24) is 0 Å². The molecule has 0 unspecified atom stereocenters. The molecule has 4 heteroatoms. The highest BCUT2D eigenvalue weighted by Crippen LogP contribution is 2.43. The second kappa shape index (κ2) is 7.56. The van der Waals surface area contributed by atoms with Crippen molar-refractivity contribution in [1.29, 1.82) is 0 Å². The Bertz CT molecular complexity index is 1260. The van der Waals surface area contributed by atoms with E-state index in [4.69, 9.17) is 14.5 Å². The van der Waals surface area contributed by atoms with Gasteiger partial charge in [-0.15, -0.1) is 0 Å². The summed E-state index contributed by atoms with van der Waals surface area (Å²) in [7, 11) is 3.39. The summed E-state index contributed by atoms with van der Waals surface area (Å²) in [6.45, 7) is 0. The highest BCUT2D eigenvalue weighted by atomic mass is 16.5. The molecule has 0 spiro atoms. The molecular formula is C26H22N2O2. The second-order valence-corrected chi connectivity index (χ2v) is 7.20. The number of ether oxygens (including phenoxy) is 2. The molecule has 148 valence electrons. The van der Waals surface area contributed by atoms with Crippen molar-refractivity contribution < 1.29 is 9.47 Å². The van der Waals surface area contributed by atoms with E-state index in [2.05, 4.69) is 47.8 Å². The van der Waals surface area contributed by atoms with Crippen molar-refractivity contribution in [3.05, 3.63) is 102 Å². The molecule has 1 aliphatic rings. The number of hydrogen-bond acceptors (Lipinski definition) is 4. The van der Waals surface area contributed by atoms with Crippen LogP contribution in [-0.2, 0) is 0 Å². The predicted octanol–water partition coefficient (Wildman–Crippen LogP) is 5.82. The van der Waals surface area contributed by atoms with Crippen LogP contribution in [0.25, 0.3) is 10.8 Å². The Labute approximate surface area is 175 Å². The molecule has 0 saturated carbocycles. The number of anilines is 1. The quantitative estimate of drug-likeness (QED) is 0.474. The lowest BCUT2D eigenvalue weighted by atomic mass is 9.90. The van der Waals surface area contributed by atoms with Gasteiger partial charge in [0.25, 0.3) is 0 Å². The lowest BCUT2D eigenvalue weighted by Gasteiger charge is -2.28. The van der Waals surface area contributed by atoms with Gasteiger partial charge in [-0.3, -0.25) is 4.99 Å². The minimum Gasteiger partial charge on any atom is -0.496 e. The summed E-state index contributed by atoms with van der Waals surface area (Å²) in [5.41, 5.74) is 4.15. The maximum atomic E-state index is 5.70. The molecule has 0 saturated heterocycles. The van der Waals surface area contributed by atoms with Gasteiger partial charge in [-0.25, -0.2) is 0 Å². The van der Waals surface area contributed by atoms with E-state index in [0.717, 1.165) is 39.7 Å². The summed E-state index contributed by atoms with van der Waals surface area (Å²) in [5.74, 6) is 2.39. The van der Waals surface area contributed by atoms with Gasteiger partial charge in [-0.2, -0.15) is 0 Å². The van der Waals surface area contributed by atoms with Crippen LogP contribution in [0.15, 0.2) is 89.9 Å². The van der Waals surface area contributed by atoms with Crippen LogP contribution < -0.4 is 14.8 Å². The van der Waals surface area contributed by atoms with Crippen LogP contribution in [0.4, 0.5) is 5.69 Å². The van der Waals surface area contributed by atoms with Crippen molar-refractivity contribution >= 4 is 22.3 Å². The number of nitrogens with zero attached hydrogens (tertiary/aromatic N) is 1. The molecule has 0 radical (unpaired) electrons. The average Bonchev–Trinajstić information content (AvgIpc) is 2.83. The van der Waals surface area contributed by atoms with Crippen molar-refractivity contribution in [3.8, 4) is 11.5 Å². The first-order valence-corrected chi connectivity index (χ1v) is 9.93. The third-order valence-electron chi connectivity index (χ3n) is 5.55. The molecule has 0 aliphatic carbocycles. The van der Waals surface area contributed by atoms with Crippen LogP contribution in [0, 0.1) is 0 Å². The van der Waals surface area contributed by atoms with Crippen LogP contribution in [0.2, 0.25) is 0 Å². The Morgan fingerprint density at radius 2 is 1.43 bits per heavy atom. The first-order chi connectivity index (χ1) is 14.8. The SMILES string of the molecule is COc1ccccc1C1=N[C@H](c2ccccc2OC)c2c(ccc3ccccc23)N1. The standard InChI is InChI=1S/C26H22N2O2/c1-29-22-13-7-5-11-19(22)25-24-18-10-4-3-9-17(18)15-16-21(24)27-26(28-25)20-12-6-8-14-23(20)30-2/h3-16,25H,1-2H3,(H,27,28)/t25-/m1/s1. The molecule has 4 aromatic rings. The van der Waals surface area contributed by atoms with Crippen molar-refractivity contribution in [3.63, 3.8) is 0 Å². The number of amidine groups is 1. The number of benzene rings is 4. The van der Waals surface area contributed by atoms with Gasteiger partial charge < -0.3 is 14.8 Å². The number of nitrogens with one attached hydrogen (secondary N) is 1. The number of methoxy groups -OCH3 is 2. The molecule has 1 heterocycles. The highest BCUT2D eigenvalue weighted by molar-refractivity contribution is 6.13. The number of para-hydroxylation sites is 2. The Morgan fingerprint density at radius 3 is 2.27 bits per heavy atom. The molecule has 0 bridgehead atoms. The zero-order valence-electron chi connectivity index (χ0n) is 16.9. The number of rotatable bonds is 4. The monoisotopic (exact) mass is 394 g/mol. The van der Waals surface area contributed by atoms with E-state index in [1.54, 1.807) is 14.2 Å². The topological polar surface area (TPSA) is 42.9 Å². The van der Waals surface area contributed by atoms with Crippen molar-refractivity contribution in [2.75, 3.05) is 19.5 Å². The average molecular weight is 394 g/mol. The zero-order valence-corrected chi connectivity index (χ0v) is 16.9. The molecule has 0 fully saturated rings. The van der Waals surface area contributed by atoms with E-state index in [1.165, 1.54) is 10.8 Å². The Balaban J connectivity index is 1.78. The van der Waals surface area contributed by atoms with Crippen LogP contribution >= 0.6 is 0 Å². The molecule has 30 heavy (non-hydrogen) atoms. The van der Waals surface area contributed by atoms with Crippen LogP contribution in [-0.4, -0.2) is 20.1 Å². The lowest BCUT2D eigenvalue weighted by molar-refractivity contribution is 0.408. The molecule has 1 N–H and O–H groups in total. The van der Waals surface area contributed by atoms with Gasteiger partial charge >= 0.3 is 0 Å². The minimum absolute atomic E-state index is 0.205. The summed E-state index contributed by atoms with van der Waals surface area (Å²) in [4.78, 5) is 5.18. The fraction of sp³-hybridized carbons (Fsp3) is 0.115. The molecule has 0 amide bonds. The Hall–Kier alpha value is -3.79. The van der Waals surface area contributed by atoms with E-state index in [0.29, 0.717) is 0 Å². The molecular weight excluding hydrogens is 372 g/mol. The molecule has 5 rings (SSSR count). The maximum Gasteiger partial charge on any atom is 0.137 e. The smallest absolute Gasteiger partial charge is 0.137 e. The Kier molecular flexibility index (Phi) is 4.60. The summed E-state index contributed by atoms with van der Waals surface area (Å²) in [6, 6.07) is 28.5. The van der Waals surface area contributed by atoms with E-state index in [-0.39, 0.29) is 6.04 Å². The molecule has 0 aromatic heterocycles. The van der Waals surface area contributed by atoms with Crippen molar-refractivity contribution in [2.24, 2.45) is 4.99 Å². The molecule has 1 atom stereocenters. The summed E-state index contributed by atoms with van der Waals surface area (Å²) < 4.78 is 11.3. The number of hydrogen-bond donors (Lipinski definition) is 1. The largest absolute Gasteiger partial charge is 0.496 e. The lowest BCUT2D eigenvalue weighted by Crippen LogP contribution is -2.23. The normalized spacial score (nSPS) is 15.1. The first-order valence-electron chi connectivity index (χ1n) is 9.93. The van der Waals surface area contributed by atoms with Crippen molar-refractivity contribution in [2.45, 2.75) is 6.04 Å². The summed E-state index contributed by atoms with van der Waals surface area (Å²) in [6.07, 6.45) is 0. The summed E-state index contributed by atoms with van der Waals surface area (Å²) >= 11 is 0. The number of fused-ring (bicyclic) bond motifs is 3. The van der Waals surface area contributed by atoms with Gasteiger partial charge in [0.15, 0.2) is 0 Å². The first kappa shape index (κ1) is 18.3. The van der Waals surface area contributed by atoms with Gasteiger partial charge in [0.2, 0.25) is 0 Å². The van der Waals surface area contributed by atoms with Gasteiger partial charge in [-0.05, 0) is 35.0 Å². The van der Waals surface area contributed by atoms with E-state index in [1.807, 2.05) is 42.5 Å². The fourth-order valence-corrected chi connectivity index (χ4v) is 4.15.